The number of amides is 2. The van der Waals surface area contributed by atoms with E-state index < -0.39 is 21.8 Å². The molecule has 0 unspecified atom stereocenters. The number of carbonyl (C=O) groups is 2. The summed E-state index contributed by atoms with van der Waals surface area (Å²) in [6.45, 7) is 2.69. The average Bonchev–Trinajstić information content (AvgIpc) is 2.79. The van der Waals surface area contributed by atoms with Crippen LogP contribution in [0.2, 0.25) is 0 Å². The average molecular weight is 448 g/mol. The molecule has 10 heteroatoms. The molecule has 0 aromatic heterocycles. The molecule has 0 aliphatic carbocycles. The van der Waals surface area contributed by atoms with Gasteiger partial charge in [-0.2, -0.15) is 4.31 Å². The van der Waals surface area contributed by atoms with E-state index >= 15 is 0 Å². The van der Waals surface area contributed by atoms with Crippen molar-refractivity contribution in [1.82, 2.24) is 9.62 Å². The molecule has 2 N–H and O–H groups in total. The lowest BCUT2D eigenvalue weighted by Crippen LogP contribution is -2.40. The maximum atomic E-state index is 13.0. The zero-order valence-electron chi connectivity index (χ0n) is 17.4. The van der Waals surface area contributed by atoms with Crippen LogP contribution in [0.4, 0.5) is 5.69 Å². The van der Waals surface area contributed by atoms with Gasteiger partial charge >= 0.3 is 0 Å². The van der Waals surface area contributed by atoms with E-state index in [0.29, 0.717) is 35.8 Å². The lowest BCUT2D eigenvalue weighted by Gasteiger charge is -2.26. The van der Waals surface area contributed by atoms with E-state index in [1.54, 1.807) is 43.3 Å². The van der Waals surface area contributed by atoms with Crippen molar-refractivity contribution >= 4 is 27.5 Å². The maximum absolute atomic E-state index is 13.0. The van der Waals surface area contributed by atoms with Gasteiger partial charge in [-0.3, -0.25) is 9.59 Å². The molecule has 0 spiro atoms. The fourth-order valence-electron chi connectivity index (χ4n) is 3.17. The summed E-state index contributed by atoms with van der Waals surface area (Å²) >= 11 is 0. The van der Waals surface area contributed by atoms with E-state index in [1.807, 2.05) is 0 Å². The summed E-state index contributed by atoms with van der Waals surface area (Å²) in [4.78, 5) is 24.8. The van der Waals surface area contributed by atoms with E-state index in [1.165, 1.54) is 17.5 Å². The molecule has 0 radical (unpaired) electrons. The van der Waals surface area contributed by atoms with E-state index in [4.69, 9.17) is 9.47 Å². The van der Waals surface area contributed by atoms with Crippen LogP contribution in [-0.4, -0.2) is 64.5 Å². The van der Waals surface area contributed by atoms with Crippen LogP contribution in [0.15, 0.2) is 47.4 Å². The summed E-state index contributed by atoms with van der Waals surface area (Å²) in [5.74, 6) is -0.536. The number of ether oxygens (including phenoxy) is 2. The van der Waals surface area contributed by atoms with Crippen molar-refractivity contribution in [2.45, 2.75) is 11.8 Å². The Balaban J connectivity index is 1.66. The number of benzene rings is 2. The molecule has 31 heavy (non-hydrogen) atoms. The van der Waals surface area contributed by atoms with Crippen LogP contribution < -0.4 is 15.4 Å². The lowest BCUT2D eigenvalue weighted by molar-refractivity contribution is -0.115. The van der Waals surface area contributed by atoms with Crippen LogP contribution in [0, 0.1) is 6.92 Å². The molecule has 0 bridgehead atoms. The van der Waals surface area contributed by atoms with Gasteiger partial charge in [-0.15, -0.1) is 0 Å². The smallest absolute Gasteiger partial charge is 0.255 e. The van der Waals surface area contributed by atoms with E-state index in [2.05, 4.69) is 10.6 Å². The highest BCUT2D eigenvalue weighted by molar-refractivity contribution is 7.89. The zero-order valence-corrected chi connectivity index (χ0v) is 18.2. The van der Waals surface area contributed by atoms with Crippen LogP contribution >= 0.6 is 0 Å². The second-order valence-electron chi connectivity index (χ2n) is 6.93. The van der Waals surface area contributed by atoms with Gasteiger partial charge in [0.2, 0.25) is 15.9 Å². The quantitative estimate of drug-likeness (QED) is 0.663. The number of carbonyl (C=O) groups excluding carboxylic acids is 2. The third-order valence-electron chi connectivity index (χ3n) is 4.82. The maximum Gasteiger partial charge on any atom is 0.255 e. The van der Waals surface area contributed by atoms with Crippen molar-refractivity contribution in [3.05, 3.63) is 53.6 Å². The molecule has 1 saturated heterocycles. The summed E-state index contributed by atoms with van der Waals surface area (Å²) in [5, 5.41) is 5.16. The van der Waals surface area contributed by atoms with Gasteiger partial charge in [-0.25, -0.2) is 8.42 Å². The van der Waals surface area contributed by atoms with Crippen LogP contribution in [0.5, 0.6) is 5.75 Å². The molecule has 1 aliphatic rings. The molecule has 0 atom stereocenters. The van der Waals surface area contributed by atoms with Gasteiger partial charge in [0.05, 0.1) is 37.3 Å². The Labute approximate surface area is 181 Å². The Hall–Kier alpha value is -2.95. The largest absolute Gasteiger partial charge is 0.496 e. The summed E-state index contributed by atoms with van der Waals surface area (Å²) in [6.07, 6.45) is 0. The molecular formula is C21H25N3O6S. The fourth-order valence-corrected chi connectivity index (χ4v) is 4.83. The molecule has 3 rings (SSSR count). The second kappa shape index (κ2) is 9.90. The van der Waals surface area contributed by atoms with Crippen LogP contribution in [0.3, 0.4) is 0 Å². The minimum absolute atomic E-state index is 0.130. The fraction of sp³-hybridized carbons (Fsp3) is 0.333. The Morgan fingerprint density at radius 1 is 1.13 bits per heavy atom. The first-order valence-corrected chi connectivity index (χ1v) is 11.2. The van der Waals surface area contributed by atoms with Gasteiger partial charge in [0.1, 0.15) is 5.75 Å². The van der Waals surface area contributed by atoms with E-state index in [9.17, 15) is 18.0 Å². The van der Waals surface area contributed by atoms with Crippen LogP contribution in [0.1, 0.15) is 15.9 Å². The third-order valence-corrected chi connectivity index (χ3v) is 6.86. The Bertz CT molecular complexity index is 1060. The highest BCUT2D eigenvalue weighted by Crippen LogP contribution is 2.24. The number of hydrogen-bond acceptors (Lipinski definition) is 6. The highest BCUT2D eigenvalue weighted by atomic mass is 32.2. The standard InChI is InChI=1S/C21H25N3O6S/c1-15-7-8-16(13-19(15)31(27,28)24-9-11-30-12-10-24)23-20(25)14-22-21(26)17-5-3-4-6-18(17)29-2/h3-8,13H,9-12,14H2,1-2H3,(H,22,26)(H,23,25). The molecule has 166 valence electrons. The third kappa shape index (κ3) is 5.40. The molecule has 9 nitrogen and oxygen atoms in total. The summed E-state index contributed by atoms with van der Waals surface area (Å²) in [6, 6.07) is 11.4. The van der Waals surface area contributed by atoms with Crippen molar-refractivity contribution in [3.63, 3.8) is 0 Å². The molecule has 2 amide bonds. The highest BCUT2D eigenvalue weighted by Gasteiger charge is 2.28. The number of rotatable bonds is 7. The van der Waals surface area contributed by atoms with Gasteiger partial charge in [-0.1, -0.05) is 18.2 Å². The Morgan fingerprint density at radius 2 is 1.84 bits per heavy atom. The first kappa shape index (κ1) is 22.7. The van der Waals surface area contributed by atoms with Crippen molar-refractivity contribution in [3.8, 4) is 5.75 Å². The topological polar surface area (TPSA) is 114 Å². The predicted molar refractivity (Wildman–Crippen MR) is 115 cm³/mol. The first-order chi connectivity index (χ1) is 14.8. The van der Waals surface area contributed by atoms with Crippen LogP contribution in [0.25, 0.3) is 0 Å². The summed E-state index contributed by atoms with van der Waals surface area (Å²) < 4.78 is 37.7. The second-order valence-corrected chi connectivity index (χ2v) is 8.83. The number of anilines is 1. The van der Waals surface area contributed by atoms with Gasteiger partial charge in [0, 0.05) is 18.8 Å². The zero-order chi connectivity index (χ0) is 22.4. The SMILES string of the molecule is COc1ccccc1C(=O)NCC(=O)Nc1ccc(C)c(S(=O)(=O)N2CCOCC2)c1. The molecule has 1 aliphatic heterocycles. The number of aryl methyl sites for hydroxylation is 1. The van der Waals surface area contributed by atoms with Gasteiger partial charge in [0.15, 0.2) is 0 Å². The number of nitrogens with zero attached hydrogens (tertiary/aromatic N) is 1. The minimum atomic E-state index is -3.70. The van der Waals surface area contributed by atoms with Gasteiger partial charge < -0.3 is 20.1 Å². The molecule has 1 heterocycles. The summed E-state index contributed by atoms with van der Waals surface area (Å²) in [5.41, 5.74) is 1.22. The minimum Gasteiger partial charge on any atom is -0.496 e. The Kier molecular flexibility index (Phi) is 7.26. The van der Waals surface area contributed by atoms with Crippen molar-refractivity contribution in [2.75, 3.05) is 45.3 Å². The van der Waals surface area contributed by atoms with Crippen molar-refractivity contribution in [2.24, 2.45) is 0 Å². The number of nitrogens with one attached hydrogen (secondary N) is 2. The number of methoxy groups -OCH3 is 1. The number of morpholine rings is 1. The van der Waals surface area contributed by atoms with E-state index in [0.717, 1.165) is 0 Å². The van der Waals surface area contributed by atoms with E-state index in [-0.39, 0.29) is 24.5 Å². The normalized spacial score (nSPS) is 14.6. The van der Waals surface area contributed by atoms with Crippen LogP contribution in [-0.2, 0) is 19.6 Å². The van der Waals surface area contributed by atoms with Gasteiger partial charge in [0.25, 0.3) is 5.91 Å². The Morgan fingerprint density at radius 3 is 2.55 bits per heavy atom. The molecule has 0 saturated carbocycles. The molecule has 2 aromatic rings. The first-order valence-electron chi connectivity index (χ1n) is 9.72. The number of para-hydroxylation sites is 1. The van der Waals surface area contributed by atoms with Gasteiger partial charge in [-0.05, 0) is 36.8 Å². The number of hydrogen-bond donors (Lipinski definition) is 2. The van der Waals surface area contributed by atoms with Crippen molar-refractivity contribution < 1.29 is 27.5 Å². The predicted octanol–water partition coefficient (Wildman–Crippen LogP) is 1.39. The molecular weight excluding hydrogens is 422 g/mol. The lowest BCUT2D eigenvalue weighted by atomic mass is 10.2. The summed E-state index contributed by atoms with van der Waals surface area (Å²) in [7, 11) is -2.24. The number of sulfonamides is 1. The monoisotopic (exact) mass is 447 g/mol. The molecule has 1 fully saturated rings. The molecule has 2 aromatic carbocycles. The van der Waals surface area contributed by atoms with Crippen molar-refractivity contribution in [1.29, 1.82) is 0 Å².